The summed E-state index contributed by atoms with van der Waals surface area (Å²) in [6.45, 7) is 4.49. The Morgan fingerprint density at radius 2 is 2.32 bits per heavy atom. The zero-order valence-electron chi connectivity index (χ0n) is 13.1. The quantitative estimate of drug-likeness (QED) is 0.823. The number of rotatable bonds is 6. The highest BCUT2D eigenvalue weighted by Crippen LogP contribution is 2.26. The van der Waals surface area contributed by atoms with Crippen LogP contribution < -0.4 is 11.1 Å². The molecule has 1 aliphatic heterocycles. The zero-order chi connectivity index (χ0) is 15.9. The zero-order valence-corrected chi connectivity index (χ0v) is 13.1. The average molecular weight is 307 g/mol. The van der Waals surface area contributed by atoms with Gasteiger partial charge in [0.15, 0.2) is 0 Å². The largest absolute Gasteiger partial charge is 0.352 e. The van der Waals surface area contributed by atoms with Crippen molar-refractivity contribution in [1.29, 1.82) is 0 Å². The molecule has 0 spiro atoms. The predicted molar refractivity (Wildman–Crippen MR) is 83.3 cm³/mol. The van der Waals surface area contributed by atoms with Crippen LogP contribution in [0.25, 0.3) is 0 Å². The van der Waals surface area contributed by atoms with Gasteiger partial charge in [0.2, 0.25) is 5.91 Å². The van der Waals surface area contributed by atoms with Crippen LogP contribution in [0.3, 0.4) is 0 Å². The van der Waals surface area contributed by atoms with Gasteiger partial charge in [-0.25, -0.2) is 9.78 Å². The molecule has 2 heterocycles. The summed E-state index contributed by atoms with van der Waals surface area (Å²) in [5, 5.41) is 2.36. The molecule has 1 aliphatic rings. The molecule has 0 saturated carbocycles. The molecule has 0 unspecified atom stereocenters. The van der Waals surface area contributed by atoms with E-state index in [9.17, 15) is 9.59 Å². The van der Waals surface area contributed by atoms with Crippen LogP contribution in [-0.4, -0.2) is 46.0 Å². The molecular weight excluding hydrogens is 282 g/mol. The Kier molecular flexibility index (Phi) is 5.80. The number of carbonyl (C=O) groups is 2. The molecule has 22 heavy (non-hydrogen) atoms. The first-order valence-electron chi connectivity index (χ1n) is 7.94. The molecule has 1 aromatic rings. The fraction of sp³-hybridized carbons (Fsp3) is 0.667. The van der Waals surface area contributed by atoms with Crippen molar-refractivity contribution in [3.8, 4) is 0 Å². The maximum absolute atomic E-state index is 12.1. The van der Waals surface area contributed by atoms with E-state index in [-0.39, 0.29) is 18.4 Å². The Bertz CT molecular complexity index is 514. The number of aromatic nitrogens is 2. The standard InChI is InChI=1S/C15H25N5O2/c1-2-3-7-19-9-6-17-14(19)12-5-4-8-20(11-12)13(21)10-18-15(16)22/h6,9,12H,2-5,7-8,10-11H2,1H3,(H3,16,18,22)/t12-/m1/s1. The first-order chi connectivity index (χ1) is 10.6. The molecule has 1 saturated heterocycles. The van der Waals surface area contributed by atoms with Crippen molar-refractivity contribution in [2.75, 3.05) is 19.6 Å². The second kappa shape index (κ2) is 7.82. The summed E-state index contributed by atoms with van der Waals surface area (Å²) in [5.41, 5.74) is 5.01. The Morgan fingerprint density at radius 3 is 3.05 bits per heavy atom. The molecule has 0 bridgehead atoms. The van der Waals surface area contributed by atoms with Gasteiger partial charge in [0.1, 0.15) is 5.82 Å². The number of hydrogen-bond acceptors (Lipinski definition) is 3. The number of urea groups is 1. The van der Waals surface area contributed by atoms with Crippen molar-refractivity contribution >= 4 is 11.9 Å². The second-order valence-corrected chi connectivity index (χ2v) is 5.73. The van der Waals surface area contributed by atoms with Gasteiger partial charge >= 0.3 is 6.03 Å². The van der Waals surface area contributed by atoms with Crippen LogP contribution in [0.4, 0.5) is 4.79 Å². The summed E-state index contributed by atoms with van der Waals surface area (Å²) in [6, 6.07) is -0.669. The van der Waals surface area contributed by atoms with Crippen molar-refractivity contribution in [2.45, 2.75) is 45.1 Å². The van der Waals surface area contributed by atoms with Crippen molar-refractivity contribution in [2.24, 2.45) is 5.73 Å². The van der Waals surface area contributed by atoms with E-state index in [1.54, 1.807) is 4.90 Å². The van der Waals surface area contributed by atoms with Gasteiger partial charge in [0.25, 0.3) is 0 Å². The second-order valence-electron chi connectivity index (χ2n) is 5.73. The van der Waals surface area contributed by atoms with E-state index in [4.69, 9.17) is 5.73 Å². The number of carbonyl (C=O) groups excluding carboxylic acids is 2. The summed E-state index contributed by atoms with van der Waals surface area (Å²) >= 11 is 0. The molecule has 0 radical (unpaired) electrons. The molecule has 0 aliphatic carbocycles. The number of nitrogens with one attached hydrogen (secondary N) is 1. The molecule has 1 aromatic heterocycles. The van der Waals surface area contributed by atoms with Crippen LogP contribution in [0.5, 0.6) is 0 Å². The molecule has 0 aromatic carbocycles. The van der Waals surface area contributed by atoms with E-state index in [1.807, 2.05) is 12.4 Å². The highest BCUT2D eigenvalue weighted by Gasteiger charge is 2.27. The third-order valence-electron chi connectivity index (χ3n) is 4.05. The molecule has 7 nitrogen and oxygen atoms in total. The van der Waals surface area contributed by atoms with Gasteiger partial charge in [-0.15, -0.1) is 0 Å². The molecule has 3 N–H and O–H groups in total. The van der Waals surface area contributed by atoms with Crippen molar-refractivity contribution < 1.29 is 9.59 Å². The van der Waals surface area contributed by atoms with Crippen molar-refractivity contribution in [3.05, 3.63) is 18.2 Å². The smallest absolute Gasteiger partial charge is 0.312 e. The number of primary amides is 1. The van der Waals surface area contributed by atoms with E-state index < -0.39 is 6.03 Å². The monoisotopic (exact) mass is 307 g/mol. The van der Waals surface area contributed by atoms with Crippen LogP contribution in [0.15, 0.2) is 12.4 Å². The fourth-order valence-corrected chi connectivity index (χ4v) is 2.89. The van der Waals surface area contributed by atoms with Crippen molar-refractivity contribution in [3.63, 3.8) is 0 Å². The molecular formula is C15H25N5O2. The van der Waals surface area contributed by atoms with Gasteiger partial charge in [0.05, 0.1) is 6.54 Å². The number of amides is 3. The minimum Gasteiger partial charge on any atom is -0.352 e. The Morgan fingerprint density at radius 1 is 1.50 bits per heavy atom. The van der Waals surface area contributed by atoms with Crippen LogP contribution >= 0.6 is 0 Å². The predicted octanol–water partition coefficient (Wildman–Crippen LogP) is 1.06. The van der Waals surface area contributed by atoms with Gasteiger partial charge < -0.3 is 20.5 Å². The first kappa shape index (κ1) is 16.3. The van der Waals surface area contributed by atoms with Crippen LogP contribution in [0, 0.1) is 0 Å². The number of hydrogen-bond donors (Lipinski definition) is 2. The van der Waals surface area contributed by atoms with Crippen LogP contribution in [0.1, 0.15) is 44.3 Å². The van der Waals surface area contributed by atoms with Gasteiger partial charge in [-0.3, -0.25) is 4.79 Å². The number of unbranched alkanes of at least 4 members (excludes halogenated alkanes) is 1. The number of imidazole rings is 1. The van der Waals surface area contributed by atoms with Crippen molar-refractivity contribution in [1.82, 2.24) is 19.8 Å². The molecule has 1 atom stereocenters. The van der Waals surface area contributed by atoms with E-state index in [0.29, 0.717) is 6.54 Å². The number of nitrogens with zero attached hydrogens (tertiary/aromatic N) is 3. The normalized spacial score (nSPS) is 18.2. The molecule has 1 fully saturated rings. The van der Waals surface area contributed by atoms with E-state index in [0.717, 1.165) is 44.6 Å². The minimum atomic E-state index is -0.669. The van der Waals surface area contributed by atoms with Crippen LogP contribution in [0.2, 0.25) is 0 Å². The number of piperidine rings is 1. The topological polar surface area (TPSA) is 93.2 Å². The lowest BCUT2D eigenvalue weighted by molar-refractivity contribution is -0.131. The summed E-state index contributed by atoms with van der Waals surface area (Å²) in [6.07, 6.45) is 8.11. The Balaban J connectivity index is 1.97. The van der Waals surface area contributed by atoms with E-state index in [2.05, 4.69) is 21.8 Å². The molecule has 7 heteroatoms. The van der Waals surface area contributed by atoms with Gasteiger partial charge in [-0.1, -0.05) is 13.3 Å². The van der Waals surface area contributed by atoms with Crippen LogP contribution in [-0.2, 0) is 11.3 Å². The summed E-state index contributed by atoms with van der Waals surface area (Å²) < 4.78 is 2.20. The summed E-state index contributed by atoms with van der Waals surface area (Å²) in [4.78, 5) is 29.1. The maximum Gasteiger partial charge on any atom is 0.312 e. The highest BCUT2D eigenvalue weighted by molar-refractivity contribution is 5.83. The van der Waals surface area contributed by atoms with E-state index >= 15 is 0 Å². The summed E-state index contributed by atoms with van der Waals surface area (Å²) in [7, 11) is 0. The fourth-order valence-electron chi connectivity index (χ4n) is 2.89. The Hall–Kier alpha value is -2.05. The minimum absolute atomic E-state index is 0.0354. The van der Waals surface area contributed by atoms with Gasteiger partial charge in [-0.2, -0.15) is 0 Å². The third kappa shape index (κ3) is 4.22. The molecule has 122 valence electrons. The SMILES string of the molecule is CCCCn1ccnc1[C@@H]1CCCN(C(=O)CNC(N)=O)C1. The van der Waals surface area contributed by atoms with Gasteiger partial charge in [0, 0.05) is 37.9 Å². The lowest BCUT2D eigenvalue weighted by Gasteiger charge is -2.32. The Labute approximate surface area is 130 Å². The molecule has 2 rings (SSSR count). The lowest BCUT2D eigenvalue weighted by Crippen LogP contribution is -2.45. The first-order valence-corrected chi connectivity index (χ1v) is 7.94. The highest BCUT2D eigenvalue weighted by atomic mass is 16.2. The van der Waals surface area contributed by atoms with E-state index in [1.165, 1.54) is 0 Å². The number of likely N-dealkylation sites (tertiary alicyclic amines) is 1. The van der Waals surface area contributed by atoms with Gasteiger partial charge in [-0.05, 0) is 19.3 Å². The number of aryl methyl sites for hydroxylation is 1. The average Bonchev–Trinajstić information content (AvgIpc) is 2.99. The lowest BCUT2D eigenvalue weighted by atomic mass is 9.97. The third-order valence-corrected chi connectivity index (χ3v) is 4.05. The maximum atomic E-state index is 12.1. The summed E-state index contributed by atoms with van der Waals surface area (Å²) in [5.74, 6) is 1.24. The molecule has 3 amide bonds. The number of nitrogens with two attached hydrogens (primary N) is 1.